The van der Waals surface area contributed by atoms with E-state index >= 15 is 0 Å². The van der Waals surface area contributed by atoms with Gasteiger partial charge in [0.15, 0.2) is 5.00 Å². The van der Waals surface area contributed by atoms with Gasteiger partial charge in [0, 0.05) is 6.20 Å². The van der Waals surface area contributed by atoms with Crippen molar-refractivity contribution in [3.8, 4) is 11.9 Å². The maximum Gasteiger partial charge on any atom is 0.419 e. The van der Waals surface area contributed by atoms with Crippen LogP contribution in [0.5, 0.6) is 5.88 Å². The van der Waals surface area contributed by atoms with Crippen molar-refractivity contribution in [1.29, 1.82) is 5.26 Å². The molecular formula is C16H11FN6O2S. The van der Waals surface area contributed by atoms with Gasteiger partial charge in [-0.1, -0.05) is 11.3 Å². The Kier molecular flexibility index (Phi) is 5.00. The second kappa shape index (κ2) is 7.54. The van der Waals surface area contributed by atoms with E-state index in [2.05, 4.69) is 25.6 Å². The molecule has 0 saturated heterocycles. The normalized spacial score (nSPS) is 10.0. The number of nitrogens with one attached hydrogen (secondary N) is 2. The van der Waals surface area contributed by atoms with Gasteiger partial charge in [-0.05, 0) is 25.1 Å². The molecule has 10 heteroatoms. The van der Waals surface area contributed by atoms with Crippen LogP contribution in [-0.2, 0) is 0 Å². The lowest BCUT2D eigenvalue weighted by Crippen LogP contribution is -2.18. The molecule has 26 heavy (non-hydrogen) atoms. The van der Waals surface area contributed by atoms with Gasteiger partial charge in [-0.25, -0.2) is 19.2 Å². The van der Waals surface area contributed by atoms with E-state index in [1.807, 2.05) is 6.07 Å². The number of nitriles is 1. The Labute approximate surface area is 151 Å². The number of pyridine rings is 2. The standard InChI is InChI=1S/C16H11FN6O2S/c1-9-21-14(25-16(24)23-13-3-2-11(17)7-20-13)15(26-9)22-12-4-10(5-18)6-19-8-12/h2-4,6-8,22H,1H3,(H,20,23,24). The van der Waals surface area contributed by atoms with Crippen LogP contribution in [0.1, 0.15) is 10.6 Å². The van der Waals surface area contributed by atoms with Crippen molar-refractivity contribution in [3.05, 3.63) is 53.2 Å². The predicted molar refractivity (Wildman–Crippen MR) is 92.9 cm³/mol. The number of aryl methyl sites for hydroxylation is 1. The van der Waals surface area contributed by atoms with Crippen molar-refractivity contribution in [3.63, 3.8) is 0 Å². The molecule has 0 spiro atoms. The summed E-state index contributed by atoms with van der Waals surface area (Å²) in [6.07, 6.45) is 3.12. The molecular weight excluding hydrogens is 359 g/mol. The molecule has 0 aliphatic carbocycles. The van der Waals surface area contributed by atoms with Crippen molar-refractivity contribution >= 4 is 33.9 Å². The summed E-state index contributed by atoms with van der Waals surface area (Å²) in [7, 11) is 0. The zero-order chi connectivity index (χ0) is 18.5. The monoisotopic (exact) mass is 370 g/mol. The lowest BCUT2D eigenvalue weighted by Gasteiger charge is -2.07. The van der Waals surface area contributed by atoms with E-state index in [9.17, 15) is 9.18 Å². The van der Waals surface area contributed by atoms with Crippen molar-refractivity contribution < 1.29 is 13.9 Å². The molecule has 130 valence electrons. The number of aromatic nitrogens is 3. The first-order valence-corrected chi connectivity index (χ1v) is 8.05. The molecule has 0 aliphatic heterocycles. The summed E-state index contributed by atoms with van der Waals surface area (Å²) in [5.41, 5.74) is 0.942. The predicted octanol–water partition coefficient (Wildman–Crippen LogP) is 3.61. The molecule has 3 aromatic heterocycles. The molecule has 0 unspecified atom stereocenters. The second-order valence-corrected chi connectivity index (χ2v) is 6.15. The smallest absolute Gasteiger partial charge is 0.388 e. The summed E-state index contributed by atoms with van der Waals surface area (Å²) in [5, 5.41) is 15.5. The number of anilines is 3. The average molecular weight is 370 g/mol. The minimum atomic E-state index is -0.818. The van der Waals surface area contributed by atoms with Gasteiger partial charge in [-0.15, -0.1) is 0 Å². The maximum absolute atomic E-state index is 12.8. The van der Waals surface area contributed by atoms with Crippen LogP contribution in [0.4, 0.5) is 25.7 Å². The molecule has 2 N–H and O–H groups in total. The Morgan fingerprint density at radius 1 is 1.35 bits per heavy atom. The molecule has 0 saturated carbocycles. The van der Waals surface area contributed by atoms with Gasteiger partial charge in [0.25, 0.3) is 5.88 Å². The van der Waals surface area contributed by atoms with E-state index in [1.54, 1.807) is 13.0 Å². The molecule has 0 aliphatic rings. The first-order valence-electron chi connectivity index (χ1n) is 7.23. The van der Waals surface area contributed by atoms with Gasteiger partial charge in [-0.2, -0.15) is 5.26 Å². The van der Waals surface area contributed by atoms with Crippen LogP contribution in [0.25, 0.3) is 0 Å². The van der Waals surface area contributed by atoms with Crippen molar-refractivity contribution in [2.45, 2.75) is 6.92 Å². The molecule has 0 aromatic carbocycles. The third kappa shape index (κ3) is 4.28. The van der Waals surface area contributed by atoms with Crippen LogP contribution < -0.4 is 15.4 Å². The zero-order valence-electron chi connectivity index (χ0n) is 13.4. The Morgan fingerprint density at radius 2 is 2.19 bits per heavy atom. The summed E-state index contributed by atoms with van der Waals surface area (Å²) < 4.78 is 18.0. The van der Waals surface area contributed by atoms with Gasteiger partial charge >= 0.3 is 6.09 Å². The Bertz CT molecular complexity index is 983. The number of carbonyl (C=O) groups is 1. The number of thiazole rings is 1. The van der Waals surface area contributed by atoms with E-state index < -0.39 is 11.9 Å². The highest BCUT2D eigenvalue weighted by Crippen LogP contribution is 2.33. The van der Waals surface area contributed by atoms with Gasteiger partial charge in [0.05, 0.1) is 28.7 Å². The molecule has 1 amide bonds. The molecule has 0 atom stereocenters. The van der Waals surface area contributed by atoms with Crippen LogP contribution in [0.15, 0.2) is 36.8 Å². The Morgan fingerprint density at radius 3 is 2.92 bits per heavy atom. The maximum atomic E-state index is 12.8. The molecule has 3 aromatic rings. The number of ether oxygens (including phenoxy) is 1. The minimum Gasteiger partial charge on any atom is -0.388 e. The fourth-order valence-electron chi connectivity index (χ4n) is 1.92. The zero-order valence-corrected chi connectivity index (χ0v) is 14.2. The quantitative estimate of drug-likeness (QED) is 0.721. The van der Waals surface area contributed by atoms with Gasteiger partial charge in [0.1, 0.15) is 17.7 Å². The van der Waals surface area contributed by atoms with Crippen molar-refractivity contribution in [1.82, 2.24) is 15.0 Å². The molecule has 0 bridgehead atoms. The van der Waals surface area contributed by atoms with Gasteiger partial charge < -0.3 is 10.1 Å². The molecule has 3 heterocycles. The van der Waals surface area contributed by atoms with Gasteiger partial charge in [0.2, 0.25) is 0 Å². The third-order valence-corrected chi connectivity index (χ3v) is 3.84. The summed E-state index contributed by atoms with van der Waals surface area (Å²) in [5.74, 6) is -0.308. The number of amides is 1. The van der Waals surface area contributed by atoms with E-state index in [0.717, 1.165) is 12.3 Å². The first kappa shape index (κ1) is 17.2. The summed E-state index contributed by atoms with van der Waals surface area (Å²) in [4.78, 5) is 23.8. The first-order chi connectivity index (χ1) is 12.5. The number of carbonyl (C=O) groups excluding carboxylic acids is 1. The topological polar surface area (TPSA) is 113 Å². The summed E-state index contributed by atoms with van der Waals surface area (Å²) in [6.45, 7) is 1.76. The summed E-state index contributed by atoms with van der Waals surface area (Å²) >= 11 is 1.27. The van der Waals surface area contributed by atoms with E-state index in [1.165, 1.54) is 29.8 Å². The number of nitrogens with zero attached hydrogens (tertiary/aromatic N) is 4. The highest BCUT2D eigenvalue weighted by atomic mass is 32.1. The number of halogens is 1. The van der Waals surface area contributed by atoms with Crippen LogP contribution in [0.3, 0.4) is 0 Å². The molecule has 0 fully saturated rings. The second-order valence-electron chi connectivity index (χ2n) is 4.94. The lowest BCUT2D eigenvalue weighted by molar-refractivity contribution is 0.213. The van der Waals surface area contributed by atoms with Crippen molar-refractivity contribution in [2.24, 2.45) is 0 Å². The number of hydrogen-bond donors (Lipinski definition) is 2. The van der Waals surface area contributed by atoms with Crippen LogP contribution in [0, 0.1) is 24.1 Å². The third-order valence-electron chi connectivity index (χ3n) is 2.98. The molecule has 8 nitrogen and oxygen atoms in total. The average Bonchev–Trinajstić information content (AvgIpc) is 2.96. The minimum absolute atomic E-state index is 0.0643. The van der Waals surface area contributed by atoms with E-state index in [-0.39, 0.29) is 11.7 Å². The van der Waals surface area contributed by atoms with Crippen LogP contribution in [0.2, 0.25) is 0 Å². The number of hydrogen-bond acceptors (Lipinski definition) is 8. The van der Waals surface area contributed by atoms with Crippen molar-refractivity contribution in [2.75, 3.05) is 10.6 Å². The fraction of sp³-hybridized carbons (Fsp3) is 0.0625. The van der Waals surface area contributed by atoms with Crippen LogP contribution in [-0.4, -0.2) is 21.0 Å². The highest BCUT2D eigenvalue weighted by molar-refractivity contribution is 7.16. The van der Waals surface area contributed by atoms with E-state index in [0.29, 0.717) is 21.3 Å². The lowest BCUT2D eigenvalue weighted by atomic mass is 10.3. The van der Waals surface area contributed by atoms with Gasteiger partial charge in [-0.3, -0.25) is 10.3 Å². The fourth-order valence-corrected chi connectivity index (χ4v) is 2.69. The Hall–Kier alpha value is -3.58. The highest BCUT2D eigenvalue weighted by Gasteiger charge is 2.16. The molecule has 3 rings (SSSR count). The number of rotatable bonds is 4. The van der Waals surface area contributed by atoms with Crippen LogP contribution >= 0.6 is 11.3 Å². The molecule has 0 radical (unpaired) electrons. The van der Waals surface area contributed by atoms with E-state index in [4.69, 9.17) is 10.00 Å². The summed E-state index contributed by atoms with van der Waals surface area (Å²) in [6, 6.07) is 6.07. The SMILES string of the molecule is Cc1nc(OC(=O)Nc2ccc(F)cn2)c(Nc2cncc(C#N)c2)s1. The Balaban J connectivity index is 1.73. The largest absolute Gasteiger partial charge is 0.419 e.